The smallest absolute Gasteiger partial charge is 0.270 e. The van der Waals surface area contributed by atoms with Gasteiger partial charge >= 0.3 is 0 Å². The highest BCUT2D eigenvalue weighted by atomic mass is 127. The van der Waals surface area contributed by atoms with E-state index in [9.17, 15) is 4.79 Å². The van der Waals surface area contributed by atoms with Gasteiger partial charge in [0.25, 0.3) is 5.91 Å². The maximum atomic E-state index is 11.8. The summed E-state index contributed by atoms with van der Waals surface area (Å²) in [5, 5.41) is 11.5. The summed E-state index contributed by atoms with van der Waals surface area (Å²) in [4.78, 5) is 16.1. The number of nitriles is 1. The molecule has 1 saturated carbocycles. The number of carbonyl (C=O) groups is 1. The minimum atomic E-state index is -0.147. The molecule has 17 heavy (non-hydrogen) atoms. The highest BCUT2D eigenvalue weighted by Gasteiger charge is 2.30. The fraction of sp³-hybridized carbons (Fsp3) is 0.417. The Hall–Kier alpha value is -1.16. The maximum absolute atomic E-state index is 11.8. The monoisotopic (exact) mass is 341 g/mol. The molecule has 1 aromatic heterocycles. The van der Waals surface area contributed by atoms with E-state index in [1.54, 1.807) is 6.07 Å². The second-order valence-electron chi connectivity index (χ2n) is 4.23. The highest BCUT2D eigenvalue weighted by Crippen LogP contribution is 2.26. The first-order valence-corrected chi connectivity index (χ1v) is 6.51. The van der Waals surface area contributed by atoms with Crippen LogP contribution in [0, 0.1) is 27.7 Å². The molecule has 1 N–H and O–H groups in total. The van der Waals surface area contributed by atoms with Crippen LogP contribution in [0.3, 0.4) is 0 Å². The van der Waals surface area contributed by atoms with Gasteiger partial charge in [-0.3, -0.25) is 4.79 Å². The Morgan fingerprint density at radius 2 is 2.29 bits per heavy atom. The number of hydrogen-bond donors (Lipinski definition) is 1. The zero-order valence-corrected chi connectivity index (χ0v) is 11.6. The Morgan fingerprint density at radius 3 is 2.88 bits per heavy atom. The van der Waals surface area contributed by atoms with Crippen LogP contribution in [0.15, 0.2) is 12.1 Å². The van der Waals surface area contributed by atoms with E-state index in [4.69, 9.17) is 5.26 Å². The van der Waals surface area contributed by atoms with Crippen LogP contribution in [0.5, 0.6) is 0 Å². The van der Waals surface area contributed by atoms with E-state index in [2.05, 4.69) is 39.0 Å². The van der Waals surface area contributed by atoms with E-state index < -0.39 is 0 Å². The third-order valence-electron chi connectivity index (χ3n) is 2.91. The summed E-state index contributed by atoms with van der Waals surface area (Å²) in [5.74, 6) is -0.0439. The van der Waals surface area contributed by atoms with Crippen molar-refractivity contribution in [1.29, 1.82) is 5.26 Å². The number of rotatable bonds is 2. The minimum Gasteiger partial charge on any atom is -0.348 e. The van der Waals surface area contributed by atoms with Crippen molar-refractivity contribution >= 4 is 28.5 Å². The van der Waals surface area contributed by atoms with Crippen LogP contribution in [0.25, 0.3) is 0 Å². The van der Waals surface area contributed by atoms with Crippen molar-refractivity contribution < 1.29 is 4.79 Å². The van der Waals surface area contributed by atoms with Gasteiger partial charge in [-0.1, -0.05) is 0 Å². The Labute approximate surface area is 114 Å². The zero-order valence-electron chi connectivity index (χ0n) is 9.40. The van der Waals surface area contributed by atoms with Crippen LogP contribution in [-0.4, -0.2) is 16.9 Å². The van der Waals surface area contributed by atoms with Crippen molar-refractivity contribution in [3.05, 3.63) is 27.1 Å². The first-order valence-electron chi connectivity index (χ1n) is 5.43. The molecule has 4 nitrogen and oxygen atoms in total. The molecule has 0 aromatic carbocycles. The summed E-state index contributed by atoms with van der Waals surface area (Å²) < 4.78 is 1.05. The average molecular weight is 341 g/mol. The molecular formula is C12H12IN3O. The van der Waals surface area contributed by atoms with E-state index in [1.165, 1.54) is 0 Å². The molecule has 5 heteroatoms. The second-order valence-corrected chi connectivity index (χ2v) is 5.39. The number of amides is 1. The summed E-state index contributed by atoms with van der Waals surface area (Å²) in [5.41, 5.74) is 1.31. The first-order chi connectivity index (χ1) is 8.10. The SMILES string of the molecule is Cc1nc(C(=O)NC2CC(C#N)C2)ccc1I. The lowest BCUT2D eigenvalue weighted by molar-refractivity contribution is 0.0899. The Balaban J connectivity index is 1.97. The standard InChI is InChI=1S/C12H12IN3O/c1-7-10(13)2-3-11(15-7)12(17)16-9-4-8(5-9)6-14/h2-3,8-9H,4-5H2,1H3,(H,16,17). The number of aryl methyl sites for hydroxylation is 1. The molecule has 0 saturated heterocycles. The molecule has 0 aliphatic heterocycles. The molecule has 0 bridgehead atoms. The summed E-state index contributed by atoms with van der Waals surface area (Å²) in [6.07, 6.45) is 1.51. The van der Waals surface area contributed by atoms with Crippen LogP contribution < -0.4 is 5.32 Å². The van der Waals surface area contributed by atoms with Crippen molar-refractivity contribution in [2.75, 3.05) is 0 Å². The zero-order chi connectivity index (χ0) is 12.4. The lowest BCUT2D eigenvalue weighted by Crippen LogP contribution is -2.44. The molecule has 0 spiro atoms. The lowest BCUT2D eigenvalue weighted by atomic mass is 9.81. The van der Waals surface area contributed by atoms with E-state index in [0.717, 1.165) is 22.1 Å². The Morgan fingerprint density at radius 1 is 1.59 bits per heavy atom. The van der Waals surface area contributed by atoms with Gasteiger partial charge < -0.3 is 5.32 Å². The molecule has 1 aliphatic carbocycles. The second kappa shape index (κ2) is 5.00. The summed E-state index contributed by atoms with van der Waals surface area (Å²) in [6.45, 7) is 1.88. The van der Waals surface area contributed by atoms with Gasteiger partial charge in [-0.05, 0) is 54.5 Å². The average Bonchev–Trinajstić information content (AvgIpc) is 2.26. The fourth-order valence-corrected chi connectivity index (χ4v) is 2.07. The van der Waals surface area contributed by atoms with Crippen LogP contribution >= 0.6 is 22.6 Å². The third kappa shape index (κ3) is 2.75. The van der Waals surface area contributed by atoms with E-state index in [-0.39, 0.29) is 17.9 Å². The number of hydrogen-bond acceptors (Lipinski definition) is 3. The molecule has 1 heterocycles. The molecule has 1 fully saturated rings. The van der Waals surface area contributed by atoms with Gasteiger partial charge in [-0.2, -0.15) is 5.26 Å². The summed E-state index contributed by atoms with van der Waals surface area (Å²) in [7, 11) is 0. The van der Waals surface area contributed by atoms with Crippen LogP contribution in [0.4, 0.5) is 0 Å². The minimum absolute atomic E-state index is 0.103. The van der Waals surface area contributed by atoms with E-state index in [1.807, 2.05) is 13.0 Å². The molecule has 0 unspecified atom stereocenters. The molecule has 1 aromatic rings. The molecular weight excluding hydrogens is 329 g/mol. The number of nitrogens with zero attached hydrogens (tertiary/aromatic N) is 2. The van der Waals surface area contributed by atoms with Gasteiger partial charge in [0.2, 0.25) is 0 Å². The fourth-order valence-electron chi connectivity index (χ4n) is 1.77. The van der Waals surface area contributed by atoms with E-state index >= 15 is 0 Å². The topological polar surface area (TPSA) is 65.8 Å². The van der Waals surface area contributed by atoms with Crippen LogP contribution in [-0.2, 0) is 0 Å². The lowest BCUT2D eigenvalue weighted by Gasteiger charge is -2.31. The predicted octanol–water partition coefficient (Wildman–Crippen LogP) is 2.03. The Kier molecular flexibility index (Phi) is 3.62. The number of halogens is 1. The largest absolute Gasteiger partial charge is 0.348 e. The summed E-state index contributed by atoms with van der Waals surface area (Å²) >= 11 is 2.19. The van der Waals surface area contributed by atoms with Gasteiger partial charge in [0, 0.05) is 9.61 Å². The van der Waals surface area contributed by atoms with Crippen LogP contribution in [0.1, 0.15) is 29.0 Å². The maximum Gasteiger partial charge on any atom is 0.270 e. The first kappa shape index (κ1) is 12.3. The number of pyridine rings is 1. The van der Waals surface area contributed by atoms with Gasteiger partial charge in [0.15, 0.2) is 0 Å². The number of aromatic nitrogens is 1. The molecule has 0 radical (unpaired) electrons. The quantitative estimate of drug-likeness (QED) is 0.837. The molecule has 0 atom stereocenters. The highest BCUT2D eigenvalue weighted by molar-refractivity contribution is 14.1. The molecule has 2 rings (SSSR count). The normalized spacial score (nSPS) is 22.4. The van der Waals surface area contributed by atoms with Crippen LogP contribution in [0.2, 0.25) is 0 Å². The van der Waals surface area contributed by atoms with Crippen molar-refractivity contribution in [3.8, 4) is 6.07 Å². The molecule has 88 valence electrons. The van der Waals surface area contributed by atoms with Crippen molar-refractivity contribution in [2.24, 2.45) is 5.92 Å². The van der Waals surface area contributed by atoms with Gasteiger partial charge in [-0.25, -0.2) is 4.98 Å². The third-order valence-corrected chi connectivity index (χ3v) is 4.05. The van der Waals surface area contributed by atoms with Crippen molar-refractivity contribution in [2.45, 2.75) is 25.8 Å². The number of nitrogens with one attached hydrogen (secondary N) is 1. The predicted molar refractivity (Wildman–Crippen MR) is 71.3 cm³/mol. The van der Waals surface area contributed by atoms with Crippen molar-refractivity contribution in [3.63, 3.8) is 0 Å². The Bertz CT molecular complexity index is 489. The van der Waals surface area contributed by atoms with Gasteiger partial charge in [-0.15, -0.1) is 0 Å². The van der Waals surface area contributed by atoms with Gasteiger partial charge in [0.05, 0.1) is 17.7 Å². The van der Waals surface area contributed by atoms with E-state index in [0.29, 0.717) is 5.69 Å². The molecule has 1 aliphatic rings. The molecule has 1 amide bonds. The number of carbonyl (C=O) groups excluding carboxylic acids is 1. The summed E-state index contributed by atoms with van der Waals surface area (Å²) in [6, 6.07) is 5.94. The van der Waals surface area contributed by atoms with Crippen molar-refractivity contribution in [1.82, 2.24) is 10.3 Å². The van der Waals surface area contributed by atoms with Gasteiger partial charge in [0.1, 0.15) is 5.69 Å².